The topological polar surface area (TPSA) is 98.9 Å². The van der Waals surface area contributed by atoms with Crippen molar-refractivity contribution >= 4 is 28.7 Å². The summed E-state index contributed by atoms with van der Waals surface area (Å²) in [7, 11) is 1.43. The molecular formula is C23H28FN5O3S. The Morgan fingerprint density at radius 3 is 2.36 bits per heavy atom. The monoisotopic (exact) mass is 473 g/mol. The van der Waals surface area contributed by atoms with E-state index in [1.807, 2.05) is 20.8 Å². The maximum absolute atomic E-state index is 13.2. The number of aromatic nitrogens is 4. The standard InChI is InChI=1S/C23H28FN5O3S/c1-12(2)11-29-19-18(22(31)28(6)23(29)32)21(27-15(5)26-19)33-14(4)20(30)25-13(3)16-7-9-17(24)10-8-16/h7-10,12-14H,11H2,1-6H3,(H,25,30)/t13-,14-/m0/s1. The van der Waals surface area contributed by atoms with Gasteiger partial charge in [0, 0.05) is 13.6 Å². The van der Waals surface area contributed by atoms with Gasteiger partial charge in [-0.25, -0.2) is 19.2 Å². The second-order valence-electron chi connectivity index (χ2n) is 8.47. The van der Waals surface area contributed by atoms with Crippen molar-refractivity contribution in [1.82, 2.24) is 24.4 Å². The molecule has 1 amide bonds. The van der Waals surface area contributed by atoms with E-state index in [1.54, 1.807) is 26.0 Å². The number of fused-ring (bicyclic) bond motifs is 1. The van der Waals surface area contributed by atoms with Crippen molar-refractivity contribution in [3.63, 3.8) is 0 Å². The lowest BCUT2D eigenvalue weighted by Gasteiger charge is -2.19. The lowest BCUT2D eigenvalue weighted by atomic mass is 10.1. The van der Waals surface area contributed by atoms with Gasteiger partial charge in [0.1, 0.15) is 22.1 Å². The summed E-state index contributed by atoms with van der Waals surface area (Å²) in [6.45, 7) is 9.56. The second kappa shape index (κ2) is 9.86. The molecule has 8 nitrogen and oxygen atoms in total. The highest BCUT2D eigenvalue weighted by Gasteiger charge is 2.23. The third-order valence-corrected chi connectivity index (χ3v) is 6.28. The number of amides is 1. The molecule has 3 aromatic rings. The van der Waals surface area contributed by atoms with Crippen molar-refractivity contribution in [2.45, 2.75) is 57.5 Å². The minimum Gasteiger partial charge on any atom is -0.349 e. The van der Waals surface area contributed by atoms with Crippen molar-refractivity contribution in [2.24, 2.45) is 13.0 Å². The van der Waals surface area contributed by atoms with Gasteiger partial charge in [-0.15, -0.1) is 0 Å². The average Bonchev–Trinajstić information content (AvgIpc) is 2.75. The molecule has 0 radical (unpaired) electrons. The summed E-state index contributed by atoms with van der Waals surface area (Å²) < 4.78 is 15.7. The second-order valence-corrected chi connectivity index (χ2v) is 9.80. The fourth-order valence-corrected chi connectivity index (χ4v) is 4.43. The van der Waals surface area contributed by atoms with Gasteiger partial charge in [-0.3, -0.25) is 18.7 Å². The summed E-state index contributed by atoms with van der Waals surface area (Å²) in [5.41, 5.74) is 0.120. The highest BCUT2D eigenvalue weighted by Crippen LogP contribution is 2.27. The molecule has 0 aliphatic heterocycles. The van der Waals surface area contributed by atoms with Crippen LogP contribution in [0.2, 0.25) is 0 Å². The zero-order chi connectivity index (χ0) is 24.4. The van der Waals surface area contributed by atoms with Crippen molar-refractivity contribution in [1.29, 1.82) is 0 Å². The highest BCUT2D eigenvalue weighted by molar-refractivity contribution is 8.00. The van der Waals surface area contributed by atoms with Crippen LogP contribution in [0.3, 0.4) is 0 Å². The lowest BCUT2D eigenvalue weighted by molar-refractivity contribution is -0.120. The molecule has 10 heteroatoms. The Hall–Kier alpha value is -3.01. The molecule has 2 aromatic heterocycles. The zero-order valence-corrected chi connectivity index (χ0v) is 20.4. The largest absolute Gasteiger partial charge is 0.349 e. The predicted octanol–water partition coefficient (Wildman–Crippen LogP) is 2.95. The van der Waals surface area contributed by atoms with Gasteiger partial charge in [0.05, 0.1) is 11.3 Å². The third kappa shape index (κ3) is 5.32. The molecule has 33 heavy (non-hydrogen) atoms. The Balaban J connectivity index is 1.95. The predicted molar refractivity (Wildman–Crippen MR) is 127 cm³/mol. The van der Waals surface area contributed by atoms with Gasteiger partial charge in [-0.2, -0.15) is 0 Å². The van der Waals surface area contributed by atoms with Crippen LogP contribution in [0.4, 0.5) is 4.39 Å². The molecule has 1 aromatic carbocycles. The van der Waals surface area contributed by atoms with E-state index in [1.165, 1.54) is 23.7 Å². The van der Waals surface area contributed by atoms with Gasteiger partial charge in [-0.1, -0.05) is 37.7 Å². The molecule has 3 rings (SSSR count). The van der Waals surface area contributed by atoms with Crippen LogP contribution in [0.5, 0.6) is 0 Å². The molecule has 1 N–H and O–H groups in total. The van der Waals surface area contributed by atoms with E-state index in [0.29, 0.717) is 17.4 Å². The first-order chi connectivity index (χ1) is 15.5. The Morgan fingerprint density at radius 1 is 1.12 bits per heavy atom. The maximum Gasteiger partial charge on any atom is 0.332 e. The summed E-state index contributed by atoms with van der Waals surface area (Å²) in [5, 5.41) is 2.90. The molecular weight excluding hydrogens is 445 g/mol. The van der Waals surface area contributed by atoms with Gasteiger partial charge in [0.25, 0.3) is 5.56 Å². The first-order valence-electron chi connectivity index (χ1n) is 10.7. The molecule has 0 aliphatic carbocycles. The van der Waals surface area contributed by atoms with Gasteiger partial charge in [0.15, 0.2) is 5.65 Å². The number of hydrogen-bond donors (Lipinski definition) is 1. The number of carbonyl (C=O) groups is 1. The van der Waals surface area contributed by atoms with E-state index < -0.39 is 16.5 Å². The summed E-state index contributed by atoms with van der Waals surface area (Å²) >= 11 is 1.14. The molecule has 0 fully saturated rings. The normalized spacial score (nSPS) is 13.3. The minimum absolute atomic E-state index is 0.160. The van der Waals surface area contributed by atoms with E-state index in [0.717, 1.165) is 21.9 Å². The number of nitrogens with one attached hydrogen (secondary N) is 1. The van der Waals surface area contributed by atoms with Crippen LogP contribution in [0.1, 0.15) is 45.1 Å². The third-order valence-electron chi connectivity index (χ3n) is 5.19. The van der Waals surface area contributed by atoms with E-state index in [-0.39, 0.29) is 34.7 Å². The van der Waals surface area contributed by atoms with E-state index >= 15 is 0 Å². The number of aryl methyl sites for hydroxylation is 1. The summed E-state index contributed by atoms with van der Waals surface area (Å²) in [5.74, 6) is -0.0341. The molecule has 0 unspecified atom stereocenters. The van der Waals surface area contributed by atoms with E-state index in [9.17, 15) is 18.8 Å². The number of carbonyl (C=O) groups excluding carboxylic acids is 1. The highest BCUT2D eigenvalue weighted by atomic mass is 32.2. The Morgan fingerprint density at radius 2 is 1.76 bits per heavy atom. The Kier molecular flexibility index (Phi) is 7.36. The fraction of sp³-hybridized carbons (Fsp3) is 0.435. The average molecular weight is 474 g/mol. The van der Waals surface area contributed by atoms with E-state index in [2.05, 4.69) is 15.3 Å². The van der Waals surface area contributed by atoms with Crippen LogP contribution in [-0.4, -0.2) is 30.3 Å². The minimum atomic E-state index is -0.583. The van der Waals surface area contributed by atoms with Crippen LogP contribution in [0.15, 0.2) is 38.9 Å². The Labute approximate surface area is 195 Å². The van der Waals surface area contributed by atoms with Crippen LogP contribution in [0, 0.1) is 18.7 Å². The quantitative estimate of drug-likeness (QED) is 0.418. The molecule has 2 heterocycles. The molecule has 2 atom stereocenters. The number of thioether (sulfide) groups is 1. The van der Waals surface area contributed by atoms with Crippen molar-refractivity contribution < 1.29 is 9.18 Å². The SMILES string of the molecule is Cc1nc(S[C@@H](C)C(=O)N[C@@H](C)c2ccc(F)cc2)c2c(=O)n(C)c(=O)n(CC(C)C)c2n1. The Bertz CT molecular complexity index is 1300. The van der Waals surface area contributed by atoms with Crippen LogP contribution >= 0.6 is 11.8 Å². The first kappa shape index (κ1) is 24.6. The number of halogens is 1. The van der Waals surface area contributed by atoms with Crippen molar-refractivity contribution in [2.75, 3.05) is 0 Å². The van der Waals surface area contributed by atoms with E-state index in [4.69, 9.17) is 0 Å². The van der Waals surface area contributed by atoms with Gasteiger partial charge < -0.3 is 5.32 Å². The molecule has 0 aliphatic rings. The van der Waals surface area contributed by atoms with Gasteiger partial charge in [-0.05, 0) is 44.4 Å². The lowest BCUT2D eigenvalue weighted by Crippen LogP contribution is -2.40. The summed E-state index contributed by atoms with van der Waals surface area (Å²) in [4.78, 5) is 47.4. The molecule has 0 saturated heterocycles. The number of benzene rings is 1. The smallest absolute Gasteiger partial charge is 0.332 e. The first-order valence-corrected chi connectivity index (χ1v) is 11.6. The zero-order valence-electron chi connectivity index (χ0n) is 19.5. The number of hydrogen-bond acceptors (Lipinski definition) is 6. The molecule has 0 saturated carbocycles. The number of rotatable bonds is 7. The van der Waals surface area contributed by atoms with Gasteiger partial charge >= 0.3 is 5.69 Å². The maximum atomic E-state index is 13.2. The molecule has 0 spiro atoms. The van der Waals surface area contributed by atoms with Crippen molar-refractivity contribution in [3.8, 4) is 0 Å². The summed E-state index contributed by atoms with van der Waals surface area (Å²) in [6, 6.07) is 5.61. The van der Waals surface area contributed by atoms with Crippen LogP contribution < -0.4 is 16.6 Å². The van der Waals surface area contributed by atoms with Gasteiger partial charge in [0.2, 0.25) is 5.91 Å². The molecule has 176 valence electrons. The van der Waals surface area contributed by atoms with Crippen molar-refractivity contribution in [3.05, 3.63) is 62.3 Å². The molecule has 0 bridgehead atoms. The van der Waals surface area contributed by atoms with Crippen LogP contribution in [0.25, 0.3) is 11.0 Å². The number of nitrogens with zero attached hydrogens (tertiary/aromatic N) is 4. The fourth-order valence-electron chi connectivity index (χ4n) is 3.44. The summed E-state index contributed by atoms with van der Waals surface area (Å²) in [6.07, 6.45) is 0. The van der Waals surface area contributed by atoms with Crippen LogP contribution in [-0.2, 0) is 18.4 Å².